The maximum atomic E-state index is 11.6. The Labute approximate surface area is 156 Å². The van der Waals surface area contributed by atoms with Crippen molar-refractivity contribution in [2.24, 2.45) is 5.92 Å². The van der Waals surface area contributed by atoms with Gasteiger partial charge in [0.1, 0.15) is 12.1 Å². The number of anilines is 3. The molecule has 3 heterocycles. The Balaban J connectivity index is 1.88. The highest BCUT2D eigenvalue weighted by Crippen LogP contribution is 2.35. The molecule has 0 spiro atoms. The Kier molecular flexibility index (Phi) is 5.26. The predicted molar refractivity (Wildman–Crippen MR) is 96.5 cm³/mol. The molecule has 10 nitrogen and oxygen atoms in total. The van der Waals surface area contributed by atoms with Gasteiger partial charge in [-0.05, 0) is 40.9 Å². The van der Waals surface area contributed by atoms with Crippen LogP contribution in [0.2, 0.25) is 0 Å². The van der Waals surface area contributed by atoms with E-state index in [2.05, 4.69) is 36.2 Å². The number of piperidine rings is 1. The van der Waals surface area contributed by atoms with Gasteiger partial charge < -0.3 is 15.3 Å². The van der Waals surface area contributed by atoms with Crippen LogP contribution < -0.4 is 10.2 Å². The fourth-order valence-corrected chi connectivity index (χ4v) is 3.00. The summed E-state index contributed by atoms with van der Waals surface area (Å²) in [5.74, 6) is -0.656. The molecule has 1 saturated heterocycles. The highest BCUT2D eigenvalue weighted by Gasteiger charge is 2.31. The molecule has 26 heavy (non-hydrogen) atoms. The molecule has 2 N–H and O–H groups in total. The van der Waals surface area contributed by atoms with Crippen LogP contribution in [0.25, 0.3) is 0 Å². The topological polar surface area (TPSA) is 134 Å². The second-order valence-electron chi connectivity index (χ2n) is 5.74. The quantitative estimate of drug-likeness (QED) is 0.550. The number of rotatable bonds is 5. The third-order valence-corrected chi connectivity index (χ3v) is 4.57. The first kappa shape index (κ1) is 18.0. The Morgan fingerprint density at radius 3 is 2.62 bits per heavy atom. The van der Waals surface area contributed by atoms with Crippen LogP contribution in [0.4, 0.5) is 23.1 Å². The van der Waals surface area contributed by atoms with Crippen molar-refractivity contribution < 1.29 is 14.8 Å². The van der Waals surface area contributed by atoms with Crippen LogP contribution in [-0.2, 0) is 4.79 Å². The smallest absolute Gasteiger partial charge is 0.353 e. The molecule has 0 atom stereocenters. The van der Waals surface area contributed by atoms with E-state index in [1.54, 1.807) is 23.2 Å². The van der Waals surface area contributed by atoms with E-state index < -0.39 is 16.8 Å². The van der Waals surface area contributed by atoms with Crippen molar-refractivity contribution in [1.82, 2.24) is 15.0 Å². The van der Waals surface area contributed by atoms with Gasteiger partial charge in [-0.15, -0.1) is 0 Å². The third-order valence-electron chi connectivity index (χ3n) is 4.10. The number of carbonyl (C=O) groups is 1. The largest absolute Gasteiger partial charge is 0.481 e. The van der Waals surface area contributed by atoms with E-state index in [0.717, 1.165) is 4.47 Å². The summed E-state index contributed by atoms with van der Waals surface area (Å²) in [6, 6.07) is 3.41. The molecular weight excluding hydrogens is 408 g/mol. The molecule has 1 aliphatic heterocycles. The third kappa shape index (κ3) is 3.87. The summed E-state index contributed by atoms with van der Waals surface area (Å²) in [6.07, 6.45) is 3.63. The van der Waals surface area contributed by atoms with Gasteiger partial charge in [-0.3, -0.25) is 14.9 Å². The van der Waals surface area contributed by atoms with Crippen molar-refractivity contribution in [2.45, 2.75) is 12.8 Å². The van der Waals surface area contributed by atoms with E-state index >= 15 is 0 Å². The Morgan fingerprint density at radius 2 is 2.04 bits per heavy atom. The maximum absolute atomic E-state index is 11.6. The van der Waals surface area contributed by atoms with Crippen LogP contribution in [0.5, 0.6) is 0 Å². The minimum atomic E-state index is -0.842. The minimum absolute atomic E-state index is 0.0372. The van der Waals surface area contributed by atoms with Crippen molar-refractivity contribution in [3.63, 3.8) is 0 Å². The molecule has 0 bridgehead atoms. The number of carboxylic acid groups (broad SMARTS) is 1. The first-order valence-electron chi connectivity index (χ1n) is 7.81. The standard InChI is InChI=1S/C15H15BrN6O4/c16-10-1-2-11(17-7-10)20-13-12(22(25)26)14(19-8-18-13)21-5-3-9(4-6-21)15(23)24/h1-2,7-9H,3-6H2,(H,23,24)(H,17,18,19,20). The highest BCUT2D eigenvalue weighted by molar-refractivity contribution is 9.10. The Bertz CT molecular complexity index is 823. The van der Waals surface area contributed by atoms with Crippen LogP contribution in [0.1, 0.15) is 12.8 Å². The second-order valence-corrected chi connectivity index (χ2v) is 6.65. The minimum Gasteiger partial charge on any atom is -0.481 e. The normalized spacial score (nSPS) is 14.9. The number of nitro groups is 1. The van der Waals surface area contributed by atoms with E-state index in [-0.39, 0.29) is 17.3 Å². The monoisotopic (exact) mass is 422 g/mol. The molecule has 11 heteroatoms. The molecule has 0 saturated carbocycles. The molecule has 1 aliphatic rings. The van der Waals surface area contributed by atoms with E-state index in [9.17, 15) is 14.9 Å². The van der Waals surface area contributed by atoms with Crippen molar-refractivity contribution in [1.29, 1.82) is 0 Å². The van der Waals surface area contributed by atoms with Crippen LogP contribution >= 0.6 is 15.9 Å². The Morgan fingerprint density at radius 1 is 1.31 bits per heavy atom. The van der Waals surface area contributed by atoms with Gasteiger partial charge in [0.05, 0.1) is 10.8 Å². The molecule has 2 aromatic heterocycles. The summed E-state index contributed by atoms with van der Waals surface area (Å²) in [6.45, 7) is 0.760. The van der Waals surface area contributed by atoms with Gasteiger partial charge in [0, 0.05) is 23.8 Å². The fraction of sp³-hybridized carbons (Fsp3) is 0.333. The first-order chi connectivity index (χ1) is 12.5. The van der Waals surface area contributed by atoms with Crippen LogP contribution in [-0.4, -0.2) is 44.0 Å². The molecule has 3 rings (SSSR count). The zero-order valence-corrected chi connectivity index (χ0v) is 15.1. The number of hydrogen-bond acceptors (Lipinski definition) is 8. The summed E-state index contributed by atoms with van der Waals surface area (Å²) in [5.41, 5.74) is -0.258. The van der Waals surface area contributed by atoms with Gasteiger partial charge in [-0.1, -0.05) is 0 Å². The van der Waals surface area contributed by atoms with Crippen molar-refractivity contribution in [3.8, 4) is 0 Å². The zero-order chi connectivity index (χ0) is 18.7. The summed E-state index contributed by atoms with van der Waals surface area (Å²) < 4.78 is 0.780. The summed E-state index contributed by atoms with van der Waals surface area (Å²) in [5, 5.41) is 23.6. The van der Waals surface area contributed by atoms with Gasteiger partial charge in [0.2, 0.25) is 11.6 Å². The van der Waals surface area contributed by atoms with Crippen molar-refractivity contribution in [3.05, 3.63) is 39.2 Å². The average Bonchev–Trinajstić information content (AvgIpc) is 2.63. The van der Waals surface area contributed by atoms with Crippen LogP contribution in [0.3, 0.4) is 0 Å². The average molecular weight is 423 g/mol. The van der Waals surface area contributed by atoms with E-state index in [4.69, 9.17) is 5.11 Å². The van der Waals surface area contributed by atoms with Crippen molar-refractivity contribution in [2.75, 3.05) is 23.3 Å². The number of halogens is 1. The SMILES string of the molecule is O=C(O)C1CCN(c2ncnc(Nc3ccc(Br)cn3)c2[N+](=O)[O-])CC1. The van der Waals surface area contributed by atoms with E-state index in [0.29, 0.717) is 31.7 Å². The molecule has 0 aliphatic carbocycles. The molecule has 1 fully saturated rings. The molecule has 0 amide bonds. The number of aromatic nitrogens is 3. The van der Waals surface area contributed by atoms with E-state index in [1.165, 1.54) is 6.33 Å². The summed E-state index contributed by atoms with van der Waals surface area (Å²) >= 11 is 3.27. The maximum Gasteiger partial charge on any atom is 0.353 e. The van der Waals surface area contributed by atoms with E-state index in [1.807, 2.05) is 0 Å². The molecule has 136 valence electrons. The number of nitrogens with one attached hydrogen (secondary N) is 1. The lowest BCUT2D eigenvalue weighted by molar-refractivity contribution is -0.383. The predicted octanol–water partition coefficient (Wildman–Crippen LogP) is 2.59. The second kappa shape index (κ2) is 7.60. The number of pyridine rings is 1. The Hall–Kier alpha value is -2.82. The molecular formula is C15H15BrN6O4. The summed E-state index contributed by atoms with van der Waals surface area (Å²) in [4.78, 5) is 36.1. The number of aliphatic carboxylic acids is 1. The van der Waals surface area contributed by atoms with Gasteiger partial charge in [-0.2, -0.15) is 0 Å². The molecule has 0 aromatic carbocycles. The fourth-order valence-electron chi connectivity index (χ4n) is 2.77. The number of nitrogens with zero attached hydrogens (tertiary/aromatic N) is 5. The summed E-state index contributed by atoms with van der Waals surface area (Å²) in [7, 11) is 0. The van der Waals surface area contributed by atoms with Crippen LogP contribution in [0.15, 0.2) is 29.1 Å². The lowest BCUT2D eigenvalue weighted by atomic mass is 9.97. The highest BCUT2D eigenvalue weighted by atomic mass is 79.9. The number of carboxylic acids is 1. The number of hydrogen-bond donors (Lipinski definition) is 2. The zero-order valence-electron chi connectivity index (χ0n) is 13.5. The van der Waals surface area contributed by atoms with Gasteiger partial charge >= 0.3 is 11.7 Å². The van der Waals surface area contributed by atoms with Crippen molar-refractivity contribution >= 4 is 45.0 Å². The lowest BCUT2D eigenvalue weighted by Gasteiger charge is -2.30. The lowest BCUT2D eigenvalue weighted by Crippen LogP contribution is -2.37. The van der Waals surface area contributed by atoms with Gasteiger partial charge in [-0.25, -0.2) is 15.0 Å². The van der Waals surface area contributed by atoms with Crippen LogP contribution in [0, 0.1) is 16.0 Å². The van der Waals surface area contributed by atoms with Gasteiger partial charge in [0.25, 0.3) is 0 Å². The molecule has 2 aromatic rings. The first-order valence-corrected chi connectivity index (χ1v) is 8.60. The van der Waals surface area contributed by atoms with Gasteiger partial charge in [0.15, 0.2) is 0 Å². The molecule has 0 radical (unpaired) electrons. The molecule has 0 unspecified atom stereocenters.